The smallest absolute Gasteiger partial charge is 0.194 e. The van der Waals surface area contributed by atoms with Crippen LogP contribution in [-0.2, 0) is 18.3 Å². The van der Waals surface area contributed by atoms with E-state index in [9.17, 15) is 0 Å². The van der Waals surface area contributed by atoms with Gasteiger partial charge >= 0.3 is 0 Å². The monoisotopic (exact) mass is 292 g/mol. The number of hydrogen-bond acceptors (Lipinski definition) is 2. The van der Waals surface area contributed by atoms with Crippen LogP contribution in [0.5, 0.6) is 0 Å². The van der Waals surface area contributed by atoms with Crippen LogP contribution in [0.1, 0.15) is 25.3 Å². The molecule has 1 fully saturated rings. The van der Waals surface area contributed by atoms with E-state index >= 15 is 0 Å². The molecular formula is C16H28N4O. The molecule has 1 saturated carbocycles. The first-order valence-corrected chi connectivity index (χ1v) is 7.87. The van der Waals surface area contributed by atoms with Crippen molar-refractivity contribution in [3.05, 3.63) is 24.0 Å². The maximum absolute atomic E-state index is 5.69. The fraction of sp³-hybridized carbons (Fsp3) is 0.688. The number of nitrogens with one attached hydrogen (secondary N) is 1. The summed E-state index contributed by atoms with van der Waals surface area (Å²) in [6.07, 6.45) is 6.84. The predicted molar refractivity (Wildman–Crippen MR) is 86.4 cm³/mol. The lowest BCUT2D eigenvalue weighted by molar-refractivity contribution is 0.115. The fourth-order valence-electron chi connectivity index (χ4n) is 2.13. The fourth-order valence-corrected chi connectivity index (χ4v) is 2.13. The van der Waals surface area contributed by atoms with Gasteiger partial charge in [-0.1, -0.05) is 0 Å². The molecule has 1 aromatic heterocycles. The number of likely N-dealkylation sites (N-methyl/N-ethyl adjacent to an activating group) is 1. The highest BCUT2D eigenvalue weighted by Gasteiger charge is 2.21. The summed E-state index contributed by atoms with van der Waals surface area (Å²) in [6, 6.07) is 2.10. The number of aliphatic imine (C=N–C) groups is 1. The summed E-state index contributed by atoms with van der Waals surface area (Å²) in [5.41, 5.74) is 1.23. The second kappa shape index (κ2) is 8.08. The molecule has 0 aromatic carbocycles. The SMILES string of the molecule is CCNC(=NCc1ccn(C)c1)N(C)CCOCC1CC1. The summed E-state index contributed by atoms with van der Waals surface area (Å²) in [5, 5.41) is 3.34. The molecule has 5 nitrogen and oxygen atoms in total. The van der Waals surface area contributed by atoms with Gasteiger partial charge in [0.25, 0.3) is 0 Å². The first-order chi connectivity index (χ1) is 10.2. The average molecular weight is 292 g/mol. The van der Waals surface area contributed by atoms with Gasteiger partial charge in [-0.3, -0.25) is 0 Å². The first-order valence-electron chi connectivity index (χ1n) is 7.87. The predicted octanol–water partition coefficient (Wildman–Crippen LogP) is 1.85. The van der Waals surface area contributed by atoms with Crippen LogP contribution in [0.3, 0.4) is 0 Å². The molecule has 0 aliphatic heterocycles. The Morgan fingerprint density at radius 1 is 1.52 bits per heavy atom. The van der Waals surface area contributed by atoms with E-state index in [1.54, 1.807) is 0 Å². The molecule has 0 spiro atoms. The molecular weight excluding hydrogens is 264 g/mol. The standard InChI is InChI=1S/C16H28N4O/c1-4-17-16(18-11-15-7-8-19(2)12-15)20(3)9-10-21-13-14-5-6-14/h7-8,12,14H,4-6,9-11,13H2,1-3H3,(H,17,18). The van der Waals surface area contributed by atoms with Gasteiger partial charge in [0.1, 0.15) is 0 Å². The molecule has 1 N–H and O–H groups in total. The van der Waals surface area contributed by atoms with E-state index < -0.39 is 0 Å². The molecule has 0 bridgehead atoms. The highest BCUT2D eigenvalue weighted by molar-refractivity contribution is 5.79. The Hall–Kier alpha value is -1.49. The van der Waals surface area contributed by atoms with Crippen molar-refractivity contribution in [1.29, 1.82) is 0 Å². The quantitative estimate of drug-likeness (QED) is 0.452. The highest BCUT2D eigenvalue weighted by Crippen LogP contribution is 2.28. The number of rotatable bonds is 8. The van der Waals surface area contributed by atoms with E-state index in [0.717, 1.165) is 38.2 Å². The molecule has 1 aliphatic carbocycles. The third kappa shape index (κ3) is 5.79. The number of guanidine groups is 1. The summed E-state index contributed by atoms with van der Waals surface area (Å²) in [7, 11) is 4.09. The molecule has 0 radical (unpaired) electrons. The van der Waals surface area contributed by atoms with E-state index in [2.05, 4.69) is 41.4 Å². The van der Waals surface area contributed by atoms with Crippen molar-refractivity contribution < 1.29 is 4.74 Å². The topological polar surface area (TPSA) is 41.8 Å². The second-order valence-electron chi connectivity index (χ2n) is 5.80. The van der Waals surface area contributed by atoms with Gasteiger partial charge in [-0.2, -0.15) is 0 Å². The highest BCUT2D eigenvalue weighted by atomic mass is 16.5. The van der Waals surface area contributed by atoms with Crippen molar-refractivity contribution in [2.75, 3.05) is 33.4 Å². The van der Waals surface area contributed by atoms with Crippen LogP contribution in [0.25, 0.3) is 0 Å². The van der Waals surface area contributed by atoms with Gasteiger partial charge < -0.3 is 19.5 Å². The van der Waals surface area contributed by atoms with E-state index in [0.29, 0.717) is 6.54 Å². The molecule has 1 aliphatic rings. The van der Waals surface area contributed by atoms with Gasteiger partial charge in [0.2, 0.25) is 0 Å². The number of hydrogen-bond donors (Lipinski definition) is 1. The molecule has 0 amide bonds. The van der Waals surface area contributed by atoms with Crippen molar-refractivity contribution in [3.63, 3.8) is 0 Å². The van der Waals surface area contributed by atoms with Gasteiger partial charge in [0.15, 0.2) is 5.96 Å². The zero-order chi connectivity index (χ0) is 15.1. The van der Waals surface area contributed by atoms with E-state index in [4.69, 9.17) is 4.74 Å². The van der Waals surface area contributed by atoms with Crippen LogP contribution in [0.4, 0.5) is 0 Å². The maximum atomic E-state index is 5.69. The zero-order valence-electron chi connectivity index (χ0n) is 13.5. The van der Waals surface area contributed by atoms with Crippen LogP contribution in [0.15, 0.2) is 23.5 Å². The molecule has 0 unspecified atom stereocenters. The van der Waals surface area contributed by atoms with Crippen LogP contribution in [0, 0.1) is 5.92 Å². The molecule has 0 saturated heterocycles. The Balaban J connectivity index is 1.77. The van der Waals surface area contributed by atoms with Crippen LogP contribution in [-0.4, -0.2) is 48.8 Å². The Bertz CT molecular complexity index is 451. The molecule has 0 atom stereocenters. The zero-order valence-corrected chi connectivity index (χ0v) is 13.5. The summed E-state index contributed by atoms with van der Waals surface area (Å²) in [5.74, 6) is 1.77. The molecule has 21 heavy (non-hydrogen) atoms. The average Bonchev–Trinajstić information content (AvgIpc) is 3.20. The number of aryl methyl sites for hydroxylation is 1. The Morgan fingerprint density at radius 2 is 2.33 bits per heavy atom. The minimum Gasteiger partial charge on any atom is -0.379 e. The Labute approximate surface area is 128 Å². The molecule has 118 valence electrons. The van der Waals surface area contributed by atoms with Crippen molar-refractivity contribution in [1.82, 2.24) is 14.8 Å². The summed E-state index contributed by atoms with van der Waals surface area (Å²) in [4.78, 5) is 6.82. The van der Waals surface area contributed by atoms with E-state index in [1.807, 2.05) is 17.8 Å². The third-order valence-corrected chi connectivity index (χ3v) is 3.62. The third-order valence-electron chi connectivity index (χ3n) is 3.62. The second-order valence-corrected chi connectivity index (χ2v) is 5.80. The molecule has 1 aromatic rings. The van der Waals surface area contributed by atoms with Gasteiger partial charge in [0.05, 0.1) is 13.2 Å². The number of aromatic nitrogens is 1. The van der Waals surface area contributed by atoms with Crippen molar-refractivity contribution in [3.8, 4) is 0 Å². The van der Waals surface area contributed by atoms with Crippen molar-refractivity contribution >= 4 is 5.96 Å². The molecule has 5 heteroatoms. The van der Waals surface area contributed by atoms with Gasteiger partial charge in [-0.15, -0.1) is 0 Å². The lowest BCUT2D eigenvalue weighted by Gasteiger charge is -2.22. The molecule has 1 heterocycles. The van der Waals surface area contributed by atoms with E-state index in [-0.39, 0.29) is 0 Å². The molecule has 2 rings (SSSR count). The lowest BCUT2D eigenvalue weighted by Crippen LogP contribution is -2.40. The van der Waals surface area contributed by atoms with Crippen LogP contribution < -0.4 is 5.32 Å². The maximum Gasteiger partial charge on any atom is 0.194 e. The van der Waals surface area contributed by atoms with Gasteiger partial charge in [0, 0.05) is 46.2 Å². The van der Waals surface area contributed by atoms with Gasteiger partial charge in [-0.25, -0.2) is 4.99 Å². The van der Waals surface area contributed by atoms with Crippen molar-refractivity contribution in [2.45, 2.75) is 26.3 Å². The van der Waals surface area contributed by atoms with Gasteiger partial charge in [-0.05, 0) is 37.3 Å². The summed E-state index contributed by atoms with van der Waals surface area (Å²) in [6.45, 7) is 6.23. The lowest BCUT2D eigenvalue weighted by atomic mass is 10.3. The van der Waals surface area contributed by atoms with Crippen LogP contribution >= 0.6 is 0 Å². The number of nitrogens with zero attached hydrogens (tertiary/aromatic N) is 3. The largest absolute Gasteiger partial charge is 0.379 e. The Kier molecular flexibility index (Phi) is 6.11. The summed E-state index contributed by atoms with van der Waals surface area (Å²) >= 11 is 0. The van der Waals surface area contributed by atoms with Crippen molar-refractivity contribution in [2.24, 2.45) is 18.0 Å². The van der Waals surface area contributed by atoms with E-state index in [1.165, 1.54) is 18.4 Å². The summed E-state index contributed by atoms with van der Waals surface area (Å²) < 4.78 is 7.74. The normalized spacial score (nSPS) is 15.3. The first kappa shape index (κ1) is 15.9. The minimum absolute atomic E-state index is 0.705. The van der Waals surface area contributed by atoms with Crippen LogP contribution in [0.2, 0.25) is 0 Å². The minimum atomic E-state index is 0.705. The number of ether oxygens (including phenoxy) is 1. The Morgan fingerprint density at radius 3 is 2.95 bits per heavy atom.